The molecule has 8 nitrogen and oxygen atoms in total. The molecule has 0 N–H and O–H groups in total. The molecule has 1 aliphatic heterocycles. The Morgan fingerprint density at radius 3 is 2.56 bits per heavy atom. The molecule has 2 fully saturated rings. The van der Waals surface area contributed by atoms with Gasteiger partial charge in [-0.15, -0.1) is 0 Å². The highest BCUT2D eigenvalue weighted by Gasteiger charge is 2.41. The predicted octanol–water partition coefficient (Wildman–Crippen LogP) is 0.808. The lowest BCUT2D eigenvalue weighted by molar-refractivity contribution is -0.134. The van der Waals surface area contributed by atoms with Gasteiger partial charge in [-0.25, -0.2) is 13.2 Å². The first-order valence-corrected chi connectivity index (χ1v) is 10.4. The Kier molecular flexibility index (Phi) is 4.65. The van der Waals surface area contributed by atoms with Crippen molar-refractivity contribution in [3.05, 3.63) is 40.8 Å². The van der Waals surface area contributed by atoms with E-state index in [0.29, 0.717) is 42.9 Å². The summed E-state index contributed by atoms with van der Waals surface area (Å²) >= 11 is 0. The van der Waals surface area contributed by atoms with Crippen LogP contribution in [0.25, 0.3) is 11.0 Å². The van der Waals surface area contributed by atoms with Crippen molar-refractivity contribution >= 4 is 26.9 Å². The summed E-state index contributed by atoms with van der Waals surface area (Å²) in [7, 11) is -3.20. The van der Waals surface area contributed by atoms with Gasteiger partial charge in [0, 0.05) is 26.2 Å². The molecule has 27 heavy (non-hydrogen) atoms. The topological polar surface area (TPSA) is 97.1 Å². The Labute approximate surface area is 156 Å². The molecule has 144 valence electrons. The van der Waals surface area contributed by atoms with Gasteiger partial charge in [-0.3, -0.25) is 4.79 Å². The fourth-order valence-corrected chi connectivity index (χ4v) is 5.03. The van der Waals surface area contributed by atoms with Gasteiger partial charge in [-0.05, 0) is 25.0 Å². The van der Waals surface area contributed by atoms with Gasteiger partial charge >= 0.3 is 5.63 Å². The van der Waals surface area contributed by atoms with Crippen LogP contribution in [0.1, 0.15) is 12.8 Å². The van der Waals surface area contributed by atoms with E-state index in [-0.39, 0.29) is 17.8 Å². The van der Waals surface area contributed by atoms with Crippen LogP contribution in [0.3, 0.4) is 0 Å². The van der Waals surface area contributed by atoms with Crippen LogP contribution in [-0.4, -0.2) is 61.6 Å². The number of fused-ring (bicyclic) bond motifs is 1. The van der Waals surface area contributed by atoms with E-state index in [9.17, 15) is 18.0 Å². The zero-order valence-electron chi connectivity index (χ0n) is 14.7. The summed E-state index contributed by atoms with van der Waals surface area (Å²) in [4.78, 5) is 25.7. The van der Waals surface area contributed by atoms with Crippen LogP contribution < -0.4 is 10.4 Å². The molecule has 1 saturated heterocycles. The van der Waals surface area contributed by atoms with Crippen LogP contribution >= 0.6 is 0 Å². The molecule has 0 bridgehead atoms. The molecule has 1 amide bonds. The van der Waals surface area contributed by atoms with Gasteiger partial charge in [0.15, 0.2) is 6.61 Å². The zero-order chi connectivity index (χ0) is 19.0. The molecule has 2 heterocycles. The third-order valence-electron chi connectivity index (χ3n) is 4.86. The van der Waals surface area contributed by atoms with Crippen LogP contribution in [-0.2, 0) is 14.8 Å². The highest BCUT2D eigenvalue weighted by Crippen LogP contribution is 2.31. The number of carbonyl (C=O) groups is 1. The van der Waals surface area contributed by atoms with Crippen molar-refractivity contribution < 1.29 is 22.4 Å². The van der Waals surface area contributed by atoms with Gasteiger partial charge in [-0.2, -0.15) is 4.31 Å². The summed E-state index contributed by atoms with van der Waals surface area (Å²) in [5.41, 5.74) is -0.151. The van der Waals surface area contributed by atoms with E-state index in [1.54, 1.807) is 29.2 Å². The number of ether oxygens (including phenoxy) is 1. The smallest absolute Gasteiger partial charge is 0.339 e. The summed E-state index contributed by atoms with van der Waals surface area (Å²) in [5, 5.41) is 0.381. The number of nitrogens with zero attached hydrogens (tertiary/aromatic N) is 2. The van der Waals surface area contributed by atoms with Crippen molar-refractivity contribution in [2.75, 3.05) is 32.8 Å². The minimum atomic E-state index is -3.20. The van der Waals surface area contributed by atoms with Crippen LogP contribution in [0.2, 0.25) is 0 Å². The number of amides is 1. The fraction of sp³-hybridized carbons (Fsp3) is 0.444. The molecular formula is C18H20N2O6S. The summed E-state index contributed by atoms with van der Waals surface area (Å²) < 4.78 is 36.7. The Morgan fingerprint density at radius 2 is 1.85 bits per heavy atom. The normalized spacial score (nSPS) is 18.6. The number of piperazine rings is 1. The molecule has 2 aliphatic rings. The van der Waals surface area contributed by atoms with Gasteiger partial charge < -0.3 is 14.1 Å². The summed E-state index contributed by atoms with van der Waals surface area (Å²) in [5.74, 6) is 0.0564. The fourth-order valence-electron chi connectivity index (χ4n) is 3.20. The average Bonchev–Trinajstić information content (AvgIpc) is 3.51. The lowest BCUT2D eigenvalue weighted by Crippen LogP contribution is -2.52. The van der Waals surface area contributed by atoms with Gasteiger partial charge in [0.25, 0.3) is 5.91 Å². The van der Waals surface area contributed by atoms with Crippen LogP contribution in [0.5, 0.6) is 5.75 Å². The van der Waals surface area contributed by atoms with Gasteiger partial charge in [-0.1, -0.05) is 12.1 Å². The van der Waals surface area contributed by atoms with Gasteiger partial charge in [0.05, 0.1) is 16.7 Å². The minimum Gasteiger partial charge on any atom is -0.483 e. The predicted molar refractivity (Wildman–Crippen MR) is 98.1 cm³/mol. The van der Waals surface area contributed by atoms with Gasteiger partial charge in [0.2, 0.25) is 10.0 Å². The first kappa shape index (κ1) is 18.0. The van der Waals surface area contributed by atoms with E-state index in [2.05, 4.69) is 0 Å². The van der Waals surface area contributed by atoms with Crippen LogP contribution in [0, 0.1) is 0 Å². The lowest BCUT2D eigenvalue weighted by atomic mass is 10.2. The summed E-state index contributed by atoms with van der Waals surface area (Å²) in [6.07, 6.45) is 1.46. The number of hydrogen-bond acceptors (Lipinski definition) is 6. The number of sulfonamides is 1. The largest absolute Gasteiger partial charge is 0.483 e. The van der Waals surface area contributed by atoms with E-state index in [4.69, 9.17) is 9.15 Å². The van der Waals surface area contributed by atoms with E-state index < -0.39 is 15.6 Å². The Balaban J connectivity index is 1.38. The number of para-hydroxylation sites is 1. The van der Waals surface area contributed by atoms with Gasteiger partial charge in [0.1, 0.15) is 11.3 Å². The molecule has 0 radical (unpaired) electrons. The van der Waals surface area contributed by atoms with Crippen molar-refractivity contribution in [3.63, 3.8) is 0 Å². The van der Waals surface area contributed by atoms with Crippen molar-refractivity contribution in [3.8, 4) is 5.75 Å². The van der Waals surface area contributed by atoms with E-state index in [1.807, 2.05) is 0 Å². The highest BCUT2D eigenvalue weighted by atomic mass is 32.2. The SMILES string of the molecule is O=C(COc1cc(=O)oc2ccccc12)N1CCN(S(=O)(=O)C2CC2)CC1. The maximum absolute atomic E-state index is 12.4. The first-order valence-electron chi connectivity index (χ1n) is 8.87. The Bertz CT molecular complexity index is 1020. The summed E-state index contributed by atoms with van der Waals surface area (Å²) in [6.45, 7) is 1.07. The molecule has 1 aromatic carbocycles. The third kappa shape index (κ3) is 3.70. The van der Waals surface area contributed by atoms with Crippen molar-refractivity contribution in [1.82, 2.24) is 9.21 Å². The average molecular weight is 392 g/mol. The quantitative estimate of drug-likeness (QED) is 0.699. The maximum atomic E-state index is 12.4. The van der Waals surface area contributed by atoms with Crippen molar-refractivity contribution in [2.24, 2.45) is 0 Å². The maximum Gasteiger partial charge on any atom is 0.339 e. The molecule has 1 aliphatic carbocycles. The van der Waals surface area contributed by atoms with Crippen molar-refractivity contribution in [2.45, 2.75) is 18.1 Å². The Hall–Kier alpha value is -2.39. The standard InChI is InChI=1S/C18H20N2O6S/c21-17(19-7-9-20(10-8-19)27(23,24)13-5-6-13)12-25-16-11-18(22)26-15-4-2-1-3-14(15)16/h1-4,11,13H,5-10,12H2. The third-order valence-corrected chi connectivity index (χ3v) is 7.26. The minimum absolute atomic E-state index is 0.219. The first-order chi connectivity index (χ1) is 12.9. The molecule has 0 unspecified atom stereocenters. The monoisotopic (exact) mass is 392 g/mol. The lowest BCUT2D eigenvalue weighted by Gasteiger charge is -2.34. The summed E-state index contributed by atoms with van der Waals surface area (Å²) in [6, 6.07) is 8.16. The molecule has 0 atom stereocenters. The van der Waals surface area contributed by atoms with E-state index in [1.165, 1.54) is 10.4 Å². The molecule has 1 aromatic heterocycles. The molecule has 4 rings (SSSR count). The number of hydrogen-bond donors (Lipinski definition) is 0. The second kappa shape index (κ2) is 6.97. The van der Waals surface area contributed by atoms with Crippen molar-refractivity contribution in [1.29, 1.82) is 0 Å². The number of benzene rings is 1. The second-order valence-electron chi connectivity index (χ2n) is 6.74. The molecule has 1 saturated carbocycles. The second-order valence-corrected chi connectivity index (χ2v) is 8.95. The zero-order valence-corrected chi connectivity index (χ0v) is 15.5. The van der Waals surface area contributed by atoms with E-state index in [0.717, 1.165) is 12.8 Å². The molecular weight excluding hydrogens is 372 g/mol. The number of rotatable bonds is 5. The molecule has 0 spiro atoms. The molecule has 9 heteroatoms. The Morgan fingerprint density at radius 1 is 1.15 bits per heavy atom. The van der Waals surface area contributed by atoms with Crippen LogP contribution in [0.4, 0.5) is 0 Å². The van der Waals surface area contributed by atoms with E-state index >= 15 is 0 Å². The molecule has 2 aromatic rings. The number of carbonyl (C=O) groups excluding carboxylic acids is 1. The van der Waals surface area contributed by atoms with Crippen LogP contribution in [0.15, 0.2) is 39.5 Å². The highest BCUT2D eigenvalue weighted by molar-refractivity contribution is 7.90.